The number of rotatable bonds is 5. The number of aliphatic hydroxyl groups is 1. The Morgan fingerprint density at radius 2 is 2.24 bits per heavy atom. The molecular formula is C15H18FNO3S. The Balaban J connectivity index is 2.76. The van der Waals surface area contributed by atoms with E-state index in [1.165, 1.54) is 12.1 Å². The number of aliphatic hydroxyl groups excluding tert-OH is 1. The first kappa shape index (κ1) is 17.3. The second kappa shape index (κ2) is 8.55. The van der Waals surface area contributed by atoms with E-state index in [-0.39, 0.29) is 28.9 Å². The quantitative estimate of drug-likeness (QED) is 0.799. The van der Waals surface area contributed by atoms with Gasteiger partial charge in [0, 0.05) is 34.4 Å². The second-order valence-corrected chi connectivity index (χ2v) is 6.31. The molecule has 0 aliphatic rings. The maximum Gasteiger partial charge on any atom is 0.252 e. The van der Waals surface area contributed by atoms with Gasteiger partial charge in [-0.3, -0.25) is 9.00 Å². The molecule has 1 aromatic rings. The zero-order valence-corrected chi connectivity index (χ0v) is 12.8. The summed E-state index contributed by atoms with van der Waals surface area (Å²) in [5.74, 6) is 4.08. The molecule has 2 N–H and O–H groups in total. The number of hydrogen-bond acceptors (Lipinski definition) is 3. The SMILES string of the molecule is CC(CCNC(=O)c1ccc(F)cc1C#CCO)S(C)=O. The number of nitrogens with one attached hydrogen (secondary N) is 1. The Morgan fingerprint density at radius 3 is 2.86 bits per heavy atom. The van der Waals surface area contributed by atoms with Crippen molar-refractivity contribution >= 4 is 16.7 Å². The third-order valence-electron chi connectivity index (χ3n) is 2.93. The molecule has 6 heteroatoms. The molecule has 0 aromatic heterocycles. The van der Waals surface area contributed by atoms with Crippen molar-refractivity contribution in [2.24, 2.45) is 0 Å². The standard InChI is InChI=1S/C15H18FNO3S/c1-11(21(2)20)7-8-17-15(19)14-6-5-13(16)10-12(14)4-3-9-18/h5-6,10-11,18H,7-9H2,1-2H3,(H,17,19). The minimum Gasteiger partial charge on any atom is -0.384 e. The largest absolute Gasteiger partial charge is 0.384 e. The third-order valence-corrected chi connectivity index (χ3v) is 4.30. The van der Waals surface area contributed by atoms with Gasteiger partial charge in [-0.25, -0.2) is 4.39 Å². The van der Waals surface area contributed by atoms with E-state index in [4.69, 9.17) is 5.11 Å². The molecule has 0 bridgehead atoms. The van der Waals surface area contributed by atoms with Gasteiger partial charge in [0.15, 0.2) is 0 Å². The predicted molar refractivity (Wildman–Crippen MR) is 80.8 cm³/mol. The van der Waals surface area contributed by atoms with Crippen LogP contribution in [0.2, 0.25) is 0 Å². The number of benzene rings is 1. The second-order valence-electron chi connectivity index (χ2n) is 4.50. The van der Waals surface area contributed by atoms with Gasteiger partial charge in [0.2, 0.25) is 0 Å². The van der Waals surface area contributed by atoms with Crippen LogP contribution in [0, 0.1) is 17.7 Å². The Labute approximate surface area is 126 Å². The molecule has 2 atom stereocenters. The van der Waals surface area contributed by atoms with Gasteiger partial charge in [0.25, 0.3) is 5.91 Å². The van der Waals surface area contributed by atoms with Gasteiger partial charge in [0.05, 0.1) is 5.56 Å². The van der Waals surface area contributed by atoms with Gasteiger partial charge in [-0.2, -0.15) is 0 Å². The summed E-state index contributed by atoms with van der Waals surface area (Å²) in [6, 6.07) is 3.69. The average Bonchev–Trinajstić information content (AvgIpc) is 2.44. The van der Waals surface area contributed by atoms with Crippen LogP contribution in [0.15, 0.2) is 18.2 Å². The van der Waals surface area contributed by atoms with Crippen LogP contribution in [0.5, 0.6) is 0 Å². The fraction of sp³-hybridized carbons (Fsp3) is 0.400. The molecule has 1 aromatic carbocycles. The zero-order valence-electron chi connectivity index (χ0n) is 12.0. The maximum atomic E-state index is 13.2. The topological polar surface area (TPSA) is 66.4 Å². The minimum atomic E-state index is -0.932. The van der Waals surface area contributed by atoms with Gasteiger partial charge in [-0.05, 0) is 24.6 Å². The van der Waals surface area contributed by atoms with Crippen LogP contribution in [-0.4, -0.2) is 39.9 Å². The van der Waals surface area contributed by atoms with Crippen LogP contribution in [0.3, 0.4) is 0 Å². The predicted octanol–water partition coefficient (Wildman–Crippen LogP) is 1.06. The van der Waals surface area contributed by atoms with Crippen molar-refractivity contribution in [3.63, 3.8) is 0 Å². The van der Waals surface area contributed by atoms with E-state index in [0.29, 0.717) is 13.0 Å². The lowest BCUT2D eigenvalue weighted by Crippen LogP contribution is -2.28. The highest BCUT2D eigenvalue weighted by Gasteiger charge is 2.12. The first-order valence-corrected chi connectivity index (χ1v) is 8.07. The minimum absolute atomic E-state index is 0.00725. The molecule has 0 radical (unpaired) electrons. The highest BCUT2D eigenvalue weighted by atomic mass is 32.2. The van der Waals surface area contributed by atoms with Gasteiger partial charge in [0.1, 0.15) is 12.4 Å². The van der Waals surface area contributed by atoms with E-state index in [1.807, 2.05) is 6.92 Å². The summed E-state index contributed by atoms with van der Waals surface area (Å²) in [7, 11) is -0.932. The lowest BCUT2D eigenvalue weighted by Gasteiger charge is -2.10. The lowest BCUT2D eigenvalue weighted by molar-refractivity contribution is 0.0953. The molecular weight excluding hydrogens is 293 g/mol. The molecule has 0 aliphatic heterocycles. The number of carbonyl (C=O) groups excluding carboxylic acids is 1. The van der Waals surface area contributed by atoms with Crippen molar-refractivity contribution in [1.82, 2.24) is 5.32 Å². The normalized spacial score (nSPS) is 13.0. The molecule has 0 fully saturated rings. The van der Waals surface area contributed by atoms with Gasteiger partial charge >= 0.3 is 0 Å². The Hall–Kier alpha value is -1.71. The maximum absolute atomic E-state index is 13.2. The van der Waals surface area contributed by atoms with Crippen molar-refractivity contribution in [3.05, 3.63) is 35.1 Å². The fourth-order valence-corrected chi connectivity index (χ4v) is 2.05. The molecule has 21 heavy (non-hydrogen) atoms. The summed E-state index contributed by atoms with van der Waals surface area (Å²) in [6.45, 7) is 1.86. The smallest absolute Gasteiger partial charge is 0.252 e. The third kappa shape index (κ3) is 5.66. The molecule has 0 saturated carbocycles. The lowest BCUT2D eigenvalue weighted by atomic mass is 10.1. The van der Waals surface area contributed by atoms with Crippen molar-refractivity contribution in [3.8, 4) is 11.8 Å². The Bertz CT molecular complexity index is 592. The number of amides is 1. The summed E-state index contributed by atoms with van der Waals surface area (Å²) in [5, 5.41) is 11.4. The van der Waals surface area contributed by atoms with Crippen molar-refractivity contribution in [2.75, 3.05) is 19.4 Å². The van der Waals surface area contributed by atoms with E-state index >= 15 is 0 Å². The molecule has 0 aliphatic carbocycles. The van der Waals surface area contributed by atoms with E-state index in [2.05, 4.69) is 17.2 Å². The zero-order chi connectivity index (χ0) is 15.8. The van der Waals surface area contributed by atoms with Gasteiger partial charge in [-0.1, -0.05) is 18.8 Å². The summed E-state index contributed by atoms with van der Waals surface area (Å²) < 4.78 is 24.4. The summed E-state index contributed by atoms with van der Waals surface area (Å²) in [4.78, 5) is 12.1. The Morgan fingerprint density at radius 1 is 1.52 bits per heavy atom. The summed E-state index contributed by atoms with van der Waals surface area (Å²) >= 11 is 0. The van der Waals surface area contributed by atoms with E-state index in [0.717, 1.165) is 6.07 Å². The van der Waals surface area contributed by atoms with Crippen LogP contribution in [-0.2, 0) is 10.8 Å². The molecule has 2 unspecified atom stereocenters. The van der Waals surface area contributed by atoms with Crippen LogP contribution in [0.1, 0.15) is 29.3 Å². The molecule has 0 heterocycles. The summed E-state index contributed by atoms with van der Waals surface area (Å²) in [5.41, 5.74) is 0.483. The molecule has 0 spiro atoms. The van der Waals surface area contributed by atoms with E-state index in [9.17, 15) is 13.4 Å². The molecule has 1 amide bonds. The van der Waals surface area contributed by atoms with Crippen LogP contribution < -0.4 is 5.32 Å². The fourth-order valence-electron chi connectivity index (χ4n) is 1.60. The Kier molecular flexibility index (Phi) is 7.06. The highest BCUT2D eigenvalue weighted by molar-refractivity contribution is 7.84. The highest BCUT2D eigenvalue weighted by Crippen LogP contribution is 2.10. The summed E-state index contributed by atoms with van der Waals surface area (Å²) in [6.07, 6.45) is 2.21. The van der Waals surface area contributed by atoms with Gasteiger partial charge in [-0.15, -0.1) is 0 Å². The monoisotopic (exact) mass is 311 g/mol. The van der Waals surface area contributed by atoms with E-state index < -0.39 is 16.6 Å². The van der Waals surface area contributed by atoms with Crippen LogP contribution >= 0.6 is 0 Å². The van der Waals surface area contributed by atoms with Gasteiger partial charge < -0.3 is 10.4 Å². The first-order valence-electron chi connectivity index (χ1n) is 6.45. The average molecular weight is 311 g/mol. The van der Waals surface area contributed by atoms with Crippen LogP contribution in [0.4, 0.5) is 4.39 Å². The van der Waals surface area contributed by atoms with Crippen molar-refractivity contribution < 1.29 is 18.5 Å². The van der Waals surface area contributed by atoms with Crippen LogP contribution in [0.25, 0.3) is 0 Å². The molecule has 114 valence electrons. The van der Waals surface area contributed by atoms with E-state index in [1.54, 1.807) is 6.26 Å². The number of halogens is 1. The van der Waals surface area contributed by atoms with Crippen molar-refractivity contribution in [1.29, 1.82) is 0 Å². The number of carbonyl (C=O) groups is 1. The van der Waals surface area contributed by atoms with Crippen molar-refractivity contribution in [2.45, 2.75) is 18.6 Å². The molecule has 4 nitrogen and oxygen atoms in total. The molecule has 0 saturated heterocycles. The first-order chi connectivity index (χ1) is 9.95. The number of hydrogen-bond donors (Lipinski definition) is 2. The molecule has 1 rings (SSSR count).